The van der Waals surface area contributed by atoms with Crippen LogP contribution in [0.25, 0.3) is 0 Å². The molecule has 0 unspecified atom stereocenters. The van der Waals surface area contributed by atoms with E-state index < -0.39 is 9.84 Å². The van der Waals surface area contributed by atoms with Crippen molar-refractivity contribution in [3.8, 4) is 0 Å². The van der Waals surface area contributed by atoms with E-state index in [1.165, 1.54) is 6.26 Å². The Labute approximate surface area is 130 Å². The zero-order chi connectivity index (χ0) is 16.2. The number of hydrogen-bond donors (Lipinski definition) is 1. The Morgan fingerprint density at radius 3 is 2.50 bits per heavy atom. The van der Waals surface area contributed by atoms with Crippen molar-refractivity contribution in [2.75, 3.05) is 30.0 Å². The lowest BCUT2D eigenvalue weighted by molar-refractivity contribution is -0.117. The highest BCUT2D eigenvalue weighted by Gasteiger charge is 2.21. The SMILES string of the molecule is CS(=O)(=O)CCCNC(=O)c1ccc(N2CCCC2=O)cc1. The van der Waals surface area contributed by atoms with Gasteiger partial charge in [0.05, 0.1) is 5.75 Å². The molecule has 0 spiro atoms. The second-order valence-corrected chi connectivity index (χ2v) is 7.69. The van der Waals surface area contributed by atoms with Crippen LogP contribution in [-0.4, -0.2) is 45.3 Å². The predicted octanol–water partition coefficient (Wildman–Crippen LogP) is 0.978. The molecule has 1 aromatic carbocycles. The molecule has 1 aliphatic heterocycles. The van der Waals surface area contributed by atoms with E-state index in [-0.39, 0.29) is 17.6 Å². The molecule has 2 amide bonds. The molecule has 6 nitrogen and oxygen atoms in total. The molecule has 1 saturated heterocycles. The molecule has 2 rings (SSSR count). The first kappa shape index (κ1) is 16.5. The predicted molar refractivity (Wildman–Crippen MR) is 84.7 cm³/mol. The molecule has 0 aliphatic carbocycles. The highest BCUT2D eigenvalue weighted by molar-refractivity contribution is 7.90. The van der Waals surface area contributed by atoms with Gasteiger partial charge in [0.1, 0.15) is 9.84 Å². The van der Waals surface area contributed by atoms with E-state index in [4.69, 9.17) is 0 Å². The summed E-state index contributed by atoms with van der Waals surface area (Å²) in [6, 6.07) is 6.86. The fourth-order valence-electron chi connectivity index (χ4n) is 2.35. The van der Waals surface area contributed by atoms with Crippen molar-refractivity contribution in [1.82, 2.24) is 5.32 Å². The standard InChI is InChI=1S/C15H20N2O4S/c1-22(20,21)11-3-9-16-15(19)12-5-7-13(8-6-12)17-10-2-4-14(17)18/h5-8H,2-4,9-11H2,1H3,(H,16,19). The molecule has 1 N–H and O–H groups in total. The summed E-state index contributed by atoms with van der Waals surface area (Å²) in [7, 11) is -3.00. The molecule has 0 bridgehead atoms. The molecule has 0 aromatic heterocycles. The molecule has 7 heteroatoms. The van der Waals surface area contributed by atoms with Crippen LogP contribution in [0.5, 0.6) is 0 Å². The summed E-state index contributed by atoms with van der Waals surface area (Å²) in [5, 5.41) is 2.69. The smallest absolute Gasteiger partial charge is 0.251 e. The minimum absolute atomic E-state index is 0.0588. The quantitative estimate of drug-likeness (QED) is 0.791. The monoisotopic (exact) mass is 324 g/mol. The summed E-state index contributed by atoms with van der Waals surface area (Å²) in [6.45, 7) is 1.04. The van der Waals surface area contributed by atoms with Gasteiger partial charge in [-0.1, -0.05) is 0 Å². The lowest BCUT2D eigenvalue weighted by Crippen LogP contribution is -2.26. The van der Waals surface area contributed by atoms with Crippen LogP contribution in [0.15, 0.2) is 24.3 Å². The first-order chi connectivity index (χ1) is 10.4. The van der Waals surface area contributed by atoms with Crippen molar-refractivity contribution in [3.05, 3.63) is 29.8 Å². The number of anilines is 1. The summed E-state index contributed by atoms with van der Waals surface area (Å²) in [5.41, 5.74) is 1.30. The summed E-state index contributed by atoms with van der Waals surface area (Å²) in [6.07, 6.45) is 3.00. The van der Waals surface area contributed by atoms with E-state index in [2.05, 4.69) is 5.32 Å². The molecular formula is C15H20N2O4S. The number of nitrogens with one attached hydrogen (secondary N) is 1. The Hall–Kier alpha value is -1.89. The number of benzene rings is 1. The van der Waals surface area contributed by atoms with Gasteiger partial charge in [-0.05, 0) is 37.1 Å². The first-order valence-electron chi connectivity index (χ1n) is 7.23. The molecular weight excluding hydrogens is 304 g/mol. The number of carbonyl (C=O) groups excluding carboxylic acids is 2. The Balaban J connectivity index is 1.87. The fraction of sp³-hybridized carbons (Fsp3) is 0.467. The topological polar surface area (TPSA) is 83.6 Å². The lowest BCUT2D eigenvalue weighted by atomic mass is 10.2. The Morgan fingerprint density at radius 1 is 1.27 bits per heavy atom. The minimum atomic E-state index is -3.00. The van der Waals surface area contributed by atoms with Crippen LogP contribution in [0, 0.1) is 0 Å². The van der Waals surface area contributed by atoms with Gasteiger partial charge < -0.3 is 10.2 Å². The average molecular weight is 324 g/mol. The van der Waals surface area contributed by atoms with E-state index in [9.17, 15) is 18.0 Å². The Bertz CT molecular complexity index is 653. The maximum absolute atomic E-state index is 11.9. The molecule has 1 aromatic rings. The molecule has 1 heterocycles. The average Bonchev–Trinajstić information content (AvgIpc) is 2.89. The third-order valence-corrected chi connectivity index (χ3v) is 4.52. The molecule has 1 aliphatic rings. The lowest BCUT2D eigenvalue weighted by Gasteiger charge is -2.15. The van der Waals surface area contributed by atoms with Crippen LogP contribution >= 0.6 is 0 Å². The highest BCUT2D eigenvalue weighted by atomic mass is 32.2. The molecule has 22 heavy (non-hydrogen) atoms. The van der Waals surface area contributed by atoms with E-state index in [1.54, 1.807) is 29.2 Å². The third kappa shape index (κ3) is 4.56. The molecule has 1 fully saturated rings. The molecule has 0 radical (unpaired) electrons. The van der Waals surface area contributed by atoms with Crippen molar-refractivity contribution in [2.24, 2.45) is 0 Å². The summed E-state index contributed by atoms with van der Waals surface area (Å²) >= 11 is 0. The van der Waals surface area contributed by atoms with Gasteiger partial charge in [0, 0.05) is 37.0 Å². The number of sulfone groups is 1. The van der Waals surface area contributed by atoms with Gasteiger partial charge >= 0.3 is 0 Å². The number of amides is 2. The molecule has 0 atom stereocenters. The Morgan fingerprint density at radius 2 is 1.95 bits per heavy atom. The van der Waals surface area contributed by atoms with Gasteiger partial charge in [0.25, 0.3) is 5.91 Å². The maximum atomic E-state index is 11.9. The zero-order valence-corrected chi connectivity index (χ0v) is 13.4. The van der Waals surface area contributed by atoms with Crippen LogP contribution in [-0.2, 0) is 14.6 Å². The van der Waals surface area contributed by atoms with E-state index in [0.29, 0.717) is 24.9 Å². The van der Waals surface area contributed by atoms with Crippen LogP contribution in [0.1, 0.15) is 29.6 Å². The molecule has 120 valence electrons. The number of hydrogen-bond acceptors (Lipinski definition) is 4. The van der Waals surface area contributed by atoms with Crippen molar-refractivity contribution in [3.63, 3.8) is 0 Å². The Kier molecular flexibility index (Phi) is 5.18. The van der Waals surface area contributed by atoms with Crippen molar-refractivity contribution >= 4 is 27.3 Å². The summed E-state index contributed by atoms with van der Waals surface area (Å²) in [4.78, 5) is 25.3. The maximum Gasteiger partial charge on any atom is 0.251 e. The minimum Gasteiger partial charge on any atom is -0.352 e. The first-order valence-corrected chi connectivity index (χ1v) is 9.29. The molecule has 0 saturated carbocycles. The van der Waals surface area contributed by atoms with Gasteiger partial charge in [0.2, 0.25) is 5.91 Å². The van der Waals surface area contributed by atoms with Crippen molar-refractivity contribution < 1.29 is 18.0 Å². The fourth-order valence-corrected chi connectivity index (χ4v) is 3.02. The number of rotatable bonds is 6. The van der Waals surface area contributed by atoms with Crippen LogP contribution in [0.2, 0.25) is 0 Å². The van der Waals surface area contributed by atoms with Crippen LogP contribution < -0.4 is 10.2 Å². The van der Waals surface area contributed by atoms with E-state index in [0.717, 1.165) is 18.7 Å². The normalized spacial score (nSPS) is 15.1. The van der Waals surface area contributed by atoms with Crippen molar-refractivity contribution in [2.45, 2.75) is 19.3 Å². The van der Waals surface area contributed by atoms with Gasteiger partial charge in [-0.15, -0.1) is 0 Å². The van der Waals surface area contributed by atoms with Crippen molar-refractivity contribution in [1.29, 1.82) is 0 Å². The number of carbonyl (C=O) groups is 2. The largest absolute Gasteiger partial charge is 0.352 e. The third-order valence-electron chi connectivity index (χ3n) is 3.49. The zero-order valence-electron chi connectivity index (χ0n) is 12.5. The summed E-state index contributed by atoms with van der Waals surface area (Å²) < 4.78 is 22.0. The van der Waals surface area contributed by atoms with E-state index >= 15 is 0 Å². The second kappa shape index (κ2) is 6.91. The van der Waals surface area contributed by atoms with Crippen LogP contribution in [0.3, 0.4) is 0 Å². The van der Waals surface area contributed by atoms with Gasteiger partial charge in [0.15, 0.2) is 0 Å². The van der Waals surface area contributed by atoms with Gasteiger partial charge in [-0.2, -0.15) is 0 Å². The highest BCUT2D eigenvalue weighted by Crippen LogP contribution is 2.21. The van der Waals surface area contributed by atoms with E-state index in [1.807, 2.05) is 0 Å². The van der Waals surface area contributed by atoms with Crippen LogP contribution in [0.4, 0.5) is 5.69 Å². The summed E-state index contributed by atoms with van der Waals surface area (Å²) in [5.74, 6) is -0.0747. The second-order valence-electron chi connectivity index (χ2n) is 5.44. The van der Waals surface area contributed by atoms with Gasteiger partial charge in [-0.3, -0.25) is 9.59 Å². The van der Waals surface area contributed by atoms with Gasteiger partial charge in [-0.25, -0.2) is 8.42 Å². The number of nitrogens with zero attached hydrogens (tertiary/aromatic N) is 1.